The molecule has 0 unspecified atom stereocenters. The van der Waals surface area contributed by atoms with Crippen molar-refractivity contribution >= 4 is 49.6 Å². The van der Waals surface area contributed by atoms with E-state index in [1.54, 1.807) is 11.6 Å². The number of imidazole rings is 1. The zero-order valence-electron chi connectivity index (χ0n) is 17.5. The summed E-state index contributed by atoms with van der Waals surface area (Å²) >= 11 is 3.40. The fraction of sp³-hybridized carbons (Fsp3) is 0.350. The Balaban J connectivity index is 1.91. The van der Waals surface area contributed by atoms with Gasteiger partial charge in [0.15, 0.2) is 16.9 Å². The van der Waals surface area contributed by atoms with Crippen LogP contribution < -0.4 is 11.2 Å². The molecule has 11 heteroatoms. The average molecular weight is 488 g/mol. The summed E-state index contributed by atoms with van der Waals surface area (Å²) in [6.45, 7) is 4.65. The molecular formula is C20H22BrN7O3. The monoisotopic (exact) mass is 487 g/mol. The molecule has 0 aliphatic rings. The summed E-state index contributed by atoms with van der Waals surface area (Å²) in [5.41, 5.74) is 0.617. The predicted molar refractivity (Wildman–Crippen MR) is 122 cm³/mol. The van der Waals surface area contributed by atoms with Crippen LogP contribution in [0.4, 0.5) is 11.6 Å². The molecule has 0 atom stereocenters. The first-order valence-corrected chi connectivity index (χ1v) is 10.6. The molecule has 0 aliphatic heterocycles. The van der Waals surface area contributed by atoms with Crippen LogP contribution in [0.1, 0.15) is 20.3 Å². The van der Waals surface area contributed by atoms with Crippen LogP contribution in [0.15, 0.2) is 42.5 Å². The van der Waals surface area contributed by atoms with Crippen LogP contribution in [0.3, 0.4) is 0 Å². The molecule has 0 saturated heterocycles. The van der Waals surface area contributed by atoms with Crippen molar-refractivity contribution in [1.29, 1.82) is 0 Å². The number of aromatic nitrogens is 5. The quantitative estimate of drug-likeness (QED) is 0.415. The number of H-pyrrole nitrogens is 1. The molecule has 31 heavy (non-hydrogen) atoms. The van der Waals surface area contributed by atoms with E-state index in [1.807, 2.05) is 18.2 Å². The first-order valence-electron chi connectivity index (χ1n) is 9.77. The number of aromatic hydroxyl groups is 1. The molecule has 4 aromatic rings. The molecule has 4 rings (SSSR count). The molecule has 3 aromatic heterocycles. The van der Waals surface area contributed by atoms with Crippen molar-refractivity contribution in [2.45, 2.75) is 26.8 Å². The molecule has 162 valence electrons. The summed E-state index contributed by atoms with van der Waals surface area (Å²) in [5, 5.41) is 19.5. The van der Waals surface area contributed by atoms with E-state index in [-0.39, 0.29) is 23.2 Å². The number of nitrogens with one attached hydrogen (secondary N) is 1. The second-order valence-electron chi connectivity index (χ2n) is 7.84. The Morgan fingerprint density at radius 1 is 1.19 bits per heavy atom. The van der Waals surface area contributed by atoms with Gasteiger partial charge in [-0.3, -0.25) is 13.9 Å². The van der Waals surface area contributed by atoms with Gasteiger partial charge in [0.05, 0.1) is 5.52 Å². The number of nitrogens with zero attached hydrogens (tertiary/aromatic N) is 6. The first-order chi connectivity index (χ1) is 14.7. The molecule has 3 heterocycles. The standard InChI is InChI=1S/C20H22BrN7O3/c1-10(2)7-8-28-15-16(26(3)20(31)27(4)18(15)30)23-19(28)25-24-14-12-6-5-11(21)9-13(12)22-17(14)29/h5-6,9-10,22,29H,7-8H2,1-4H3. The van der Waals surface area contributed by atoms with Gasteiger partial charge in [-0.2, -0.15) is 4.98 Å². The number of halogens is 1. The third-order valence-corrected chi connectivity index (χ3v) is 5.70. The van der Waals surface area contributed by atoms with Crippen molar-refractivity contribution in [2.75, 3.05) is 0 Å². The molecule has 0 fully saturated rings. The van der Waals surface area contributed by atoms with E-state index in [4.69, 9.17) is 0 Å². The minimum absolute atomic E-state index is 0.120. The lowest BCUT2D eigenvalue weighted by atomic mass is 10.1. The molecule has 0 radical (unpaired) electrons. The summed E-state index contributed by atoms with van der Waals surface area (Å²) in [5.74, 6) is 0.458. The number of benzene rings is 1. The van der Waals surface area contributed by atoms with Gasteiger partial charge in [-0.05, 0) is 30.5 Å². The lowest BCUT2D eigenvalue weighted by Gasteiger charge is -2.09. The van der Waals surface area contributed by atoms with E-state index in [0.717, 1.165) is 15.5 Å². The molecule has 0 saturated carbocycles. The largest absolute Gasteiger partial charge is 0.493 e. The first kappa shape index (κ1) is 21.0. The number of aryl methyl sites for hydroxylation is 2. The van der Waals surface area contributed by atoms with Crippen LogP contribution >= 0.6 is 15.9 Å². The number of fused-ring (bicyclic) bond motifs is 2. The Bertz CT molecular complexity index is 1460. The van der Waals surface area contributed by atoms with Crippen molar-refractivity contribution in [1.82, 2.24) is 23.7 Å². The number of hydrogen-bond donors (Lipinski definition) is 2. The highest BCUT2D eigenvalue weighted by Crippen LogP contribution is 2.37. The van der Waals surface area contributed by atoms with Crippen LogP contribution in [-0.4, -0.2) is 28.8 Å². The summed E-state index contributed by atoms with van der Waals surface area (Å²) < 4.78 is 4.92. The Morgan fingerprint density at radius 2 is 1.94 bits per heavy atom. The predicted octanol–water partition coefficient (Wildman–Crippen LogP) is 3.84. The van der Waals surface area contributed by atoms with E-state index in [9.17, 15) is 14.7 Å². The number of hydrogen-bond acceptors (Lipinski definition) is 6. The van der Waals surface area contributed by atoms with Crippen LogP contribution in [0.25, 0.3) is 22.1 Å². The zero-order valence-corrected chi connectivity index (χ0v) is 19.1. The molecule has 0 spiro atoms. The van der Waals surface area contributed by atoms with E-state index in [2.05, 4.69) is 50.0 Å². The minimum Gasteiger partial charge on any atom is -0.493 e. The van der Waals surface area contributed by atoms with E-state index in [0.29, 0.717) is 28.9 Å². The van der Waals surface area contributed by atoms with Crippen molar-refractivity contribution in [3.8, 4) is 5.88 Å². The highest BCUT2D eigenvalue weighted by atomic mass is 79.9. The minimum atomic E-state index is -0.464. The molecule has 0 bridgehead atoms. The average Bonchev–Trinajstić information content (AvgIpc) is 3.23. The Morgan fingerprint density at radius 3 is 2.65 bits per heavy atom. The van der Waals surface area contributed by atoms with Crippen molar-refractivity contribution in [3.63, 3.8) is 0 Å². The van der Waals surface area contributed by atoms with E-state index in [1.165, 1.54) is 11.6 Å². The third kappa shape index (κ3) is 3.58. The number of azo groups is 1. The van der Waals surface area contributed by atoms with Crippen molar-refractivity contribution in [3.05, 3.63) is 43.5 Å². The SMILES string of the molecule is CC(C)CCn1c(N=Nc2c(O)[nH]c3cc(Br)ccc23)nc2c1c(=O)n(C)c(=O)n2C. The van der Waals surface area contributed by atoms with Crippen molar-refractivity contribution < 1.29 is 5.11 Å². The van der Waals surface area contributed by atoms with Gasteiger partial charge in [-0.25, -0.2) is 4.79 Å². The third-order valence-electron chi connectivity index (χ3n) is 5.21. The lowest BCUT2D eigenvalue weighted by molar-refractivity contribution is 0.459. The second-order valence-corrected chi connectivity index (χ2v) is 8.75. The summed E-state index contributed by atoms with van der Waals surface area (Å²) in [6.07, 6.45) is 0.784. The second kappa shape index (κ2) is 7.80. The van der Waals surface area contributed by atoms with Gasteiger partial charge in [0.1, 0.15) is 0 Å². The highest BCUT2D eigenvalue weighted by molar-refractivity contribution is 9.10. The van der Waals surface area contributed by atoms with Gasteiger partial charge in [-0.1, -0.05) is 29.8 Å². The van der Waals surface area contributed by atoms with Gasteiger partial charge < -0.3 is 14.7 Å². The van der Waals surface area contributed by atoms with E-state index < -0.39 is 11.2 Å². The summed E-state index contributed by atoms with van der Waals surface area (Å²) in [6, 6.07) is 5.47. The molecule has 0 aliphatic carbocycles. The maximum Gasteiger partial charge on any atom is 0.332 e. The molecule has 10 nitrogen and oxygen atoms in total. The van der Waals surface area contributed by atoms with Crippen LogP contribution in [0.2, 0.25) is 0 Å². The molecule has 2 N–H and O–H groups in total. The highest BCUT2D eigenvalue weighted by Gasteiger charge is 2.20. The van der Waals surface area contributed by atoms with Crippen molar-refractivity contribution in [2.24, 2.45) is 30.2 Å². The normalized spacial score (nSPS) is 12.2. The van der Waals surface area contributed by atoms with Crippen LogP contribution in [-0.2, 0) is 20.6 Å². The topological polar surface area (TPSA) is 123 Å². The van der Waals surface area contributed by atoms with E-state index >= 15 is 0 Å². The fourth-order valence-corrected chi connectivity index (χ4v) is 3.81. The van der Waals surface area contributed by atoms with Gasteiger partial charge in [0, 0.05) is 30.5 Å². The fourth-order valence-electron chi connectivity index (χ4n) is 3.45. The number of aromatic amines is 1. The summed E-state index contributed by atoms with van der Waals surface area (Å²) in [4.78, 5) is 32.5. The molecule has 1 aromatic carbocycles. The molecular weight excluding hydrogens is 466 g/mol. The Labute approximate surface area is 185 Å². The van der Waals surface area contributed by atoms with Crippen LogP contribution in [0.5, 0.6) is 5.88 Å². The Hall–Kier alpha value is -3.21. The smallest absolute Gasteiger partial charge is 0.332 e. The number of rotatable bonds is 5. The van der Waals surface area contributed by atoms with Gasteiger partial charge in [0.25, 0.3) is 11.5 Å². The summed E-state index contributed by atoms with van der Waals surface area (Å²) in [7, 11) is 3.00. The van der Waals surface area contributed by atoms with Gasteiger partial charge >= 0.3 is 5.69 Å². The van der Waals surface area contributed by atoms with Gasteiger partial charge in [0.2, 0.25) is 5.88 Å². The van der Waals surface area contributed by atoms with Crippen LogP contribution in [0, 0.1) is 5.92 Å². The molecule has 0 amide bonds. The van der Waals surface area contributed by atoms with Gasteiger partial charge in [-0.15, -0.1) is 10.2 Å². The Kier molecular flexibility index (Phi) is 5.29. The zero-order chi connectivity index (χ0) is 22.4. The maximum absolute atomic E-state index is 12.8. The maximum atomic E-state index is 12.8. The lowest BCUT2D eigenvalue weighted by Crippen LogP contribution is -2.37.